The van der Waals surface area contributed by atoms with Gasteiger partial charge in [0.15, 0.2) is 5.75 Å². The molecule has 2 aliphatic rings. The van der Waals surface area contributed by atoms with E-state index in [4.69, 9.17) is 9.47 Å². The van der Waals surface area contributed by atoms with E-state index in [2.05, 4.69) is 16.0 Å². The third-order valence-corrected chi connectivity index (χ3v) is 3.75. The van der Waals surface area contributed by atoms with E-state index in [0.717, 1.165) is 31.8 Å². The Labute approximate surface area is 102 Å². The van der Waals surface area contributed by atoms with E-state index >= 15 is 0 Å². The molecule has 0 N–H and O–H groups in total. The highest BCUT2D eigenvalue weighted by molar-refractivity contribution is 5.13. The predicted octanol–water partition coefficient (Wildman–Crippen LogP) is 2.56. The Morgan fingerprint density at radius 3 is 2.71 bits per heavy atom. The number of ether oxygens (including phenoxy) is 2. The van der Waals surface area contributed by atoms with Gasteiger partial charge >= 0.3 is 0 Å². The van der Waals surface area contributed by atoms with Gasteiger partial charge in [0.05, 0.1) is 31.6 Å². The van der Waals surface area contributed by atoms with Gasteiger partial charge in [-0.05, 0) is 12.8 Å². The molecule has 0 aromatic carbocycles. The molecule has 17 heavy (non-hydrogen) atoms. The largest absolute Gasteiger partial charge is 0.487 e. The topological polar surface area (TPSA) is 36.3 Å². The molecule has 0 atom stereocenters. The zero-order valence-corrected chi connectivity index (χ0v) is 10.2. The second-order valence-electron chi connectivity index (χ2n) is 5.02. The average Bonchev–Trinajstić information content (AvgIpc) is 3.00. The lowest BCUT2D eigenvalue weighted by Crippen LogP contribution is -2.25. The van der Waals surface area contributed by atoms with Crippen LogP contribution >= 0.6 is 0 Å². The maximum atomic E-state index is 5.93. The van der Waals surface area contributed by atoms with Gasteiger partial charge in [-0.2, -0.15) is 5.10 Å². The van der Waals surface area contributed by atoms with Crippen molar-refractivity contribution in [3.63, 3.8) is 0 Å². The summed E-state index contributed by atoms with van der Waals surface area (Å²) in [5.41, 5.74) is 0. The molecule has 2 fully saturated rings. The number of rotatable bonds is 3. The molecule has 4 heteroatoms. The van der Waals surface area contributed by atoms with Crippen molar-refractivity contribution in [2.75, 3.05) is 13.2 Å². The number of hydrogen-bond acceptors (Lipinski definition) is 3. The Morgan fingerprint density at radius 2 is 1.94 bits per heavy atom. The van der Waals surface area contributed by atoms with E-state index in [9.17, 15) is 0 Å². The lowest BCUT2D eigenvalue weighted by Gasteiger charge is -2.22. The first-order valence-electron chi connectivity index (χ1n) is 6.70. The summed E-state index contributed by atoms with van der Waals surface area (Å²) < 4.78 is 13.3. The second-order valence-corrected chi connectivity index (χ2v) is 5.02. The van der Waals surface area contributed by atoms with E-state index in [0.29, 0.717) is 12.1 Å². The fourth-order valence-electron chi connectivity index (χ4n) is 2.74. The van der Waals surface area contributed by atoms with Crippen LogP contribution < -0.4 is 4.74 Å². The summed E-state index contributed by atoms with van der Waals surface area (Å²) >= 11 is 0. The van der Waals surface area contributed by atoms with Gasteiger partial charge in [0.25, 0.3) is 0 Å². The summed E-state index contributed by atoms with van der Waals surface area (Å²) in [5.74, 6) is 0.920. The third kappa shape index (κ3) is 2.63. The number of hydrogen-bond donors (Lipinski definition) is 0. The van der Waals surface area contributed by atoms with Crippen LogP contribution in [0, 0.1) is 0 Å². The third-order valence-electron chi connectivity index (χ3n) is 3.75. The van der Waals surface area contributed by atoms with E-state index in [1.54, 1.807) is 0 Å². The summed E-state index contributed by atoms with van der Waals surface area (Å²) in [5, 5.41) is 4.42. The number of aromatic nitrogens is 2. The molecule has 2 heterocycles. The summed E-state index contributed by atoms with van der Waals surface area (Å²) in [7, 11) is 0. The van der Waals surface area contributed by atoms with Crippen LogP contribution in [0.25, 0.3) is 0 Å². The first-order chi connectivity index (χ1) is 8.42. The molecule has 1 aliphatic carbocycles. The van der Waals surface area contributed by atoms with Crippen LogP contribution in [0.2, 0.25) is 0 Å². The zero-order valence-electron chi connectivity index (χ0n) is 10.2. The molecule has 0 amide bonds. The molecule has 1 aromatic rings. The molecular formula is C13H20N2O2. The predicted molar refractivity (Wildman–Crippen MR) is 64.2 cm³/mol. The Kier molecular flexibility index (Phi) is 3.31. The highest BCUT2D eigenvalue weighted by atomic mass is 16.5. The van der Waals surface area contributed by atoms with Crippen molar-refractivity contribution in [1.29, 1.82) is 0 Å². The van der Waals surface area contributed by atoms with E-state index in [1.807, 2.05) is 6.20 Å². The first kappa shape index (κ1) is 11.1. The summed E-state index contributed by atoms with van der Waals surface area (Å²) in [6.07, 6.45) is 11.4. The van der Waals surface area contributed by atoms with Gasteiger partial charge in [-0.1, -0.05) is 12.8 Å². The molecule has 0 unspecified atom stereocenters. The minimum atomic E-state index is 0.310. The van der Waals surface area contributed by atoms with E-state index in [-0.39, 0.29) is 0 Å². The lowest BCUT2D eigenvalue weighted by atomic mass is 10.1. The normalized spacial score (nSPS) is 23.1. The Hall–Kier alpha value is -1.03. The fourth-order valence-corrected chi connectivity index (χ4v) is 2.74. The van der Waals surface area contributed by atoms with Crippen molar-refractivity contribution >= 4 is 0 Å². The zero-order chi connectivity index (χ0) is 11.5. The monoisotopic (exact) mass is 236 g/mol. The fraction of sp³-hybridized carbons (Fsp3) is 0.769. The molecule has 0 bridgehead atoms. The summed E-state index contributed by atoms with van der Waals surface area (Å²) in [6.45, 7) is 1.64. The number of nitrogens with zero attached hydrogens (tertiary/aromatic N) is 2. The summed E-state index contributed by atoms with van der Waals surface area (Å²) in [6, 6.07) is 0.599. The SMILES string of the molecule is c1nn(C2CCCC2)cc1OC1CCOCC1. The Morgan fingerprint density at radius 1 is 1.18 bits per heavy atom. The molecule has 1 aromatic heterocycles. The maximum Gasteiger partial charge on any atom is 0.157 e. The van der Waals surface area contributed by atoms with Crippen LogP contribution in [-0.4, -0.2) is 29.1 Å². The molecule has 1 saturated heterocycles. The van der Waals surface area contributed by atoms with Crippen molar-refractivity contribution in [1.82, 2.24) is 9.78 Å². The molecule has 1 aliphatic heterocycles. The molecule has 4 nitrogen and oxygen atoms in total. The second kappa shape index (κ2) is 5.08. The van der Waals surface area contributed by atoms with Crippen molar-refractivity contribution in [3.05, 3.63) is 12.4 Å². The van der Waals surface area contributed by atoms with Crippen LogP contribution in [0.1, 0.15) is 44.6 Å². The Balaban J connectivity index is 1.59. The lowest BCUT2D eigenvalue weighted by molar-refractivity contribution is 0.0255. The minimum Gasteiger partial charge on any atom is -0.487 e. The van der Waals surface area contributed by atoms with E-state index in [1.165, 1.54) is 25.7 Å². The van der Waals surface area contributed by atoms with Crippen molar-refractivity contribution in [3.8, 4) is 5.75 Å². The van der Waals surface area contributed by atoms with Crippen LogP contribution in [0.15, 0.2) is 12.4 Å². The van der Waals surface area contributed by atoms with Crippen LogP contribution in [0.5, 0.6) is 5.75 Å². The van der Waals surface area contributed by atoms with Crippen LogP contribution in [0.3, 0.4) is 0 Å². The molecule has 0 radical (unpaired) electrons. The Bertz CT molecular complexity index is 352. The van der Waals surface area contributed by atoms with Crippen molar-refractivity contribution < 1.29 is 9.47 Å². The average molecular weight is 236 g/mol. The first-order valence-corrected chi connectivity index (χ1v) is 6.70. The minimum absolute atomic E-state index is 0.310. The van der Waals surface area contributed by atoms with Gasteiger partial charge in [-0.3, -0.25) is 4.68 Å². The van der Waals surface area contributed by atoms with Gasteiger partial charge in [-0.15, -0.1) is 0 Å². The van der Waals surface area contributed by atoms with Gasteiger partial charge in [0, 0.05) is 12.8 Å². The van der Waals surface area contributed by atoms with Gasteiger partial charge < -0.3 is 9.47 Å². The maximum absolute atomic E-state index is 5.93. The van der Waals surface area contributed by atoms with Crippen molar-refractivity contribution in [2.24, 2.45) is 0 Å². The standard InChI is InChI=1S/C13H20N2O2/c1-2-4-11(3-1)15-10-13(9-14-15)17-12-5-7-16-8-6-12/h9-12H,1-8H2. The van der Waals surface area contributed by atoms with Gasteiger partial charge in [0.2, 0.25) is 0 Å². The van der Waals surface area contributed by atoms with Gasteiger partial charge in [0.1, 0.15) is 6.10 Å². The highest BCUT2D eigenvalue weighted by Gasteiger charge is 2.19. The molecule has 0 spiro atoms. The molecule has 94 valence electrons. The smallest absolute Gasteiger partial charge is 0.157 e. The summed E-state index contributed by atoms with van der Waals surface area (Å²) in [4.78, 5) is 0. The highest BCUT2D eigenvalue weighted by Crippen LogP contribution is 2.30. The van der Waals surface area contributed by atoms with Crippen molar-refractivity contribution in [2.45, 2.75) is 50.7 Å². The van der Waals surface area contributed by atoms with E-state index < -0.39 is 0 Å². The van der Waals surface area contributed by atoms with Crippen LogP contribution in [-0.2, 0) is 4.74 Å². The quantitative estimate of drug-likeness (QED) is 0.809. The molecular weight excluding hydrogens is 216 g/mol. The molecule has 3 rings (SSSR count). The van der Waals surface area contributed by atoms with Gasteiger partial charge in [-0.25, -0.2) is 0 Å². The molecule has 1 saturated carbocycles. The van der Waals surface area contributed by atoms with Crippen LogP contribution in [0.4, 0.5) is 0 Å².